The fourth-order valence-electron chi connectivity index (χ4n) is 2.81. The van der Waals surface area contributed by atoms with Crippen LogP contribution in [0.2, 0.25) is 0 Å². The monoisotopic (exact) mass is 341 g/mol. The molecule has 6 nitrogen and oxygen atoms in total. The van der Waals surface area contributed by atoms with Crippen molar-refractivity contribution in [3.63, 3.8) is 0 Å². The number of carboxylic acids is 1. The Kier molecular flexibility index (Phi) is 4.72. The number of hydrogen-bond donors (Lipinski definition) is 2. The molecule has 130 valence electrons. The maximum Gasteiger partial charge on any atom is 0.335 e. The molecule has 0 bridgehead atoms. The van der Waals surface area contributed by atoms with Crippen LogP contribution in [0.3, 0.4) is 0 Å². The van der Waals surface area contributed by atoms with E-state index in [1.807, 2.05) is 18.2 Å². The lowest BCUT2D eigenvalue weighted by molar-refractivity contribution is -0.162. The van der Waals surface area contributed by atoms with Crippen molar-refractivity contribution >= 4 is 11.9 Å². The van der Waals surface area contributed by atoms with Gasteiger partial charge >= 0.3 is 5.97 Å². The Bertz CT molecular complexity index is 766. The average molecular weight is 341 g/mol. The molecule has 1 saturated heterocycles. The first kappa shape index (κ1) is 17.0. The Morgan fingerprint density at radius 3 is 2.20 bits per heavy atom. The number of benzene rings is 2. The predicted octanol–water partition coefficient (Wildman–Crippen LogP) is 2.53. The van der Waals surface area contributed by atoms with Crippen molar-refractivity contribution < 1.29 is 24.5 Å². The Labute approximate surface area is 145 Å². The number of carbonyl (C=O) groups is 2. The van der Waals surface area contributed by atoms with Crippen LogP contribution in [0.15, 0.2) is 54.6 Å². The number of rotatable bonds is 4. The van der Waals surface area contributed by atoms with E-state index >= 15 is 0 Å². The number of amides is 1. The summed E-state index contributed by atoms with van der Waals surface area (Å²) in [5, 5.41) is 19.1. The molecule has 0 unspecified atom stereocenters. The van der Waals surface area contributed by atoms with Gasteiger partial charge in [0.25, 0.3) is 5.91 Å². The normalized spacial score (nSPS) is 16.3. The van der Waals surface area contributed by atoms with E-state index in [4.69, 9.17) is 9.84 Å². The van der Waals surface area contributed by atoms with Gasteiger partial charge in [-0.1, -0.05) is 30.3 Å². The van der Waals surface area contributed by atoms with Gasteiger partial charge in [0.1, 0.15) is 11.5 Å². The number of aliphatic carboxylic acids is 1. The van der Waals surface area contributed by atoms with E-state index in [9.17, 15) is 14.7 Å². The van der Waals surface area contributed by atoms with Gasteiger partial charge in [0, 0.05) is 25.9 Å². The predicted molar refractivity (Wildman–Crippen MR) is 90.7 cm³/mol. The van der Waals surface area contributed by atoms with Gasteiger partial charge in [-0.15, -0.1) is 0 Å². The molecule has 25 heavy (non-hydrogen) atoms. The van der Waals surface area contributed by atoms with Crippen LogP contribution in [0.5, 0.6) is 11.5 Å². The summed E-state index contributed by atoms with van der Waals surface area (Å²) in [6, 6.07) is 16.1. The number of nitrogens with zero attached hydrogens (tertiary/aromatic N) is 1. The Morgan fingerprint density at radius 1 is 0.960 bits per heavy atom. The molecule has 0 radical (unpaired) electrons. The highest BCUT2D eigenvalue weighted by Crippen LogP contribution is 2.28. The van der Waals surface area contributed by atoms with Crippen molar-refractivity contribution in [1.82, 2.24) is 4.90 Å². The van der Waals surface area contributed by atoms with Crippen molar-refractivity contribution in [3.8, 4) is 11.5 Å². The second kappa shape index (κ2) is 6.94. The standard InChI is InChI=1S/C19H19NO5/c21-17(20-12-10-19(24,11-13-20)18(22)23)15-8-4-5-9-16(15)25-14-6-2-1-3-7-14/h1-9,24H,10-13H2,(H,22,23). The van der Waals surface area contributed by atoms with Crippen molar-refractivity contribution in [2.75, 3.05) is 13.1 Å². The molecule has 1 aliphatic heterocycles. The van der Waals surface area contributed by atoms with Crippen LogP contribution in [-0.4, -0.2) is 45.7 Å². The van der Waals surface area contributed by atoms with E-state index in [2.05, 4.69) is 0 Å². The smallest absolute Gasteiger partial charge is 0.335 e. The van der Waals surface area contributed by atoms with Crippen molar-refractivity contribution in [2.45, 2.75) is 18.4 Å². The summed E-state index contributed by atoms with van der Waals surface area (Å²) >= 11 is 0. The molecule has 2 aromatic rings. The van der Waals surface area contributed by atoms with Gasteiger partial charge in [0.05, 0.1) is 5.56 Å². The van der Waals surface area contributed by atoms with Crippen LogP contribution in [0.1, 0.15) is 23.2 Å². The molecule has 0 spiro atoms. The number of hydrogen-bond acceptors (Lipinski definition) is 4. The van der Waals surface area contributed by atoms with Crippen molar-refractivity contribution in [1.29, 1.82) is 0 Å². The molecule has 1 fully saturated rings. The molecule has 2 N–H and O–H groups in total. The third-order valence-corrected chi connectivity index (χ3v) is 4.36. The highest BCUT2D eigenvalue weighted by Gasteiger charge is 2.40. The third-order valence-electron chi connectivity index (χ3n) is 4.36. The van der Waals surface area contributed by atoms with Gasteiger partial charge in [0.2, 0.25) is 0 Å². The second-order valence-corrected chi connectivity index (χ2v) is 6.04. The quantitative estimate of drug-likeness (QED) is 0.892. The number of ether oxygens (including phenoxy) is 1. The number of carbonyl (C=O) groups excluding carboxylic acids is 1. The number of carboxylic acid groups (broad SMARTS) is 1. The van der Waals surface area contributed by atoms with Crippen LogP contribution >= 0.6 is 0 Å². The number of para-hydroxylation sites is 2. The third kappa shape index (κ3) is 3.64. The summed E-state index contributed by atoms with van der Waals surface area (Å²) in [6.07, 6.45) is 0.0194. The van der Waals surface area contributed by atoms with Crippen molar-refractivity contribution in [2.24, 2.45) is 0 Å². The zero-order valence-electron chi connectivity index (χ0n) is 13.6. The molecule has 0 atom stereocenters. The molecule has 3 rings (SSSR count). The highest BCUT2D eigenvalue weighted by molar-refractivity contribution is 5.97. The minimum Gasteiger partial charge on any atom is -0.479 e. The first-order valence-electron chi connectivity index (χ1n) is 8.06. The minimum absolute atomic E-state index is 0.00971. The fraction of sp³-hybridized carbons (Fsp3) is 0.263. The lowest BCUT2D eigenvalue weighted by Gasteiger charge is -2.35. The first-order chi connectivity index (χ1) is 12.0. The van der Waals surface area contributed by atoms with Crippen LogP contribution in [0.25, 0.3) is 0 Å². The van der Waals surface area contributed by atoms with Gasteiger partial charge in [-0.3, -0.25) is 4.79 Å². The molecule has 0 saturated carbocycles. The van der Waals surface area contributed by atoms with Crippen LogP contribution in [-0.2, 0) is 4.79 Å². The van der Waals surface area contributed by atoms with Crippen LogP contribution < -0.4 is 4.74 Å². The van der Waals surface area contributed by atoms with Gasteiger partial charge in [-0.2, -0.15) is 0 Å². The summed E-state index contributed by atoms with van der Waals surface area (Å²) in [6.45, 7) is 0.364. The lowest BCUT2D eigenvalue weighted by Crippen LogP contribution is -2.50. The number of likely N-dealkylation sites (tertiary alicyclic amines) is 1. The van der Waals surface area contributed by atoms with Gasteiger partial charge in [-0.05, 0) is 24.3 Å². The maximum atomic E-state index is 12.8. The largest absolute Gasteiger partial charge is 0.479 e. The Morgan fingerprint density at radius 2 is 1.56 bits per heavy atom. The van der Waals surface area contributed by atoms with Crippen LogP contribution in [0.4, 0.5) is 0 Å². The van der Waals surface area contributed by atoms with E-state index in [1.54, 1.807) is 41.3 Å². The summed E-state index contributed by atoms with van der Waals surface area (Å²) in [5.74, 6) is -0.411. The summed E-state index contributed by atoms with van der Waals surface area (Å²) in [7, 11) is 0. The highest BCUT2D eigenvalue weighted by atomic mass is 16.5. The van der Waals surface area contributed by atoms with E-state index < -0.39 is 11.6 Å². The van der Waals surface area contributed by atoms with E-state index in [-0.39, 0.29) is 31.8 Å². The molecule has 2 aromatic carbocycles. The minimum atomic E-state index is -1.75. The Hall–Kier alpha value is -2.86. The number of piperidine rings is 1. The maximum absolute atomic E-state index is 12.8. The van der Waals surface area contributed by atoms with Crippen molar-refractivity contribution in [3.05, 3.63) is 60.2 Å². The zero-order chi connectivity index (χ0) is 17.9. The summed E-state index contributed by atoms with van der Waals surface area (Å²) < 4.78 is 5.81. The first-order valence-corrected chi connectivity index (χ1v) is 8.06. The second-order valence-electron chi connectivity index (χ2n) is 6.04. The van der Waals surface area contributed by atoms with E-state index in [0.717, 1.165) is 0 Å². The number of aliphatic hydroxyl groups is 1. The molecule has 1 amide bonds. The molecule has 0 aromatic heterocycles. The van der Waals surface area contributed by atoms with E-state index in [1.165, 1.54) is 0 Å². The lowest BCUT2D eigenvalue weighted by atomic mass is 9.91. The SMILES string of the molecule is O=C(c1ccccc1Oc1ccccc1)N1CCC(O)(C(=O)O)CC1. The summed E-state index contributed by atoms with van der Waals surface area (Å²) in [4.78, 5) is 25.5. The topological polar surface area (TPSA) is 87.1 Å². The van der Waals surface area contributed by atoms with Gasteiger partial charge < -0.3 is 19.8 Å². The molecule has 1 aliphatic rings. The molecular formula is C19H19NO5. The fourth-order valence-corrected chi connectivity index (χ4v) is 2.81. The van der Waals surface area contributed by atoms with Gasteiger partial charge in [0.15, 0.2) is 5.60 Å². The Balaban J connectivity index is 1.76. The van der Waals surface area contributed by atoms with Crippen LogP contribution in [0, 0.1) is 0 Å². The molecule has 1 heterocycles. The zero-order valence-corrected chi connectivity index (χ0v) is 13.6. The van der Waals surface area contributed by atoms with Gasteiger partial charge in [-0.25, -0.2) is 4.79 Å². The molecule has 0 aliphatic carbocycles. The molecule has 6 heteroatoms. The average Bonchev–Trinajstić information content (AvgIpc) is 2.63. The molecular weight excluding hydrogens is 322 g/mol. The van der Waals surface area contributed by atoms with E-state index in [0.29, 0.717) is 17.1 Å². The summed E-state index contributed by atoms with van der Waals surface area (Å²) in [5.41, 5.74) is -1.34.